The Morgan fingerprint density at radius 3 is 2.45 bits per heavy atom. The van der Waals surface area contributed by atoms with Crippen molar-refractivity contribution in [3.05, 3.63) is 81.6 Å². The largest absolute Gasteiger partial charge is 0.326 e. The first-order chi connectivity index (χ1) is 14.7. The summed E-state index contributed by atoms with van der Waals surface area (Å²) in [6, 6.07) is 14.9. The number of benzene rings is 2. The molecule has 0 atom stereocenters. The van der Waals surface area contributed by atoms with Gasteiger partial charge in [0, 0.05) is 34.6 Å². The number of guanidine groups is 1. The highest BCUT2D eigenvalue weighted by atomic mass is 35.5. The molecule has 6 nitrogen and oxygen atoms in total. The van der Waals surface area contributed by atoms with Crippen LogP contribution in [0, 0.1) is 13.8 Å². The molecule has 1 aromatic heterocycles. The minimum atomic E-state index is -0.285. The fraction of sp³-hybridized carbons (Fsp3) is 0.292. The number of aliphatic imine (C=N–C) groups is 1. The van der Waals surface area contributed by atoms with Crippen LogP contribution >= 0.6 is 11.6 Å². The number of carbonyl (C=O) groups is 1. The number of nitrogens with zero attached hydrogens (tertiary/aromatic N) is 3. The number of aromatic nitrogens is 2. The average Bonchev–Trinajstić information content (AvgIpc) is 2.97. The highest BCUT2D eigenvalue weighted by molar-refractivity contribution is 6.31. The summed E-state index contributed by atoms with van der Waals surface area (Å²) in [5.74, 6) is 0.526. The van der Waals surface area contributed by atoms with Crippen molar-refractivity contribution in [3.8, 4) is 0 Å². The van der Waals surface area contributed by atoms with Crippen molar-refractivity contribution in [2.75, 3.05) is 5.32 Å². The molecule has 0 aliphatic rings. The number of halogens is 1. The van der Waals surface area contributed by atoms with Crippen LogP contribution < -0.4 is 10.6 Å². The summed E-state index contributed by atoms with van der Waals surface area (Å²) < 4.78 is 1.84. The van der Waals surface area contributed by atoms with Gasteiger partial charge >= 0.3 is 0 Å². The van der Waals surface area contributed by atoms with Crippen molar-refractivity contribution in [2.45, 2.75) is 40.2 Å². The maximum Gasteiger partial charge on any atom is 0.258 e. The van der Waals surface area contributed by atoms with Crippen LogP contribution in [0.1, 0.15) is 52.6 Å². The summed E-state index contributed by atoms with van der Waals surface area (Å²) in [6.45, 7) is 8.67. The number of anilines is 1. The minimum Gasteiger partial charge on any atom is -0.326 e. The predicted octanol–water partition coefficient (Wildman–Crippen LogP) is 5.21. The van der Waals surface area contributed by atoms with Gasteiger partial charge in [0.2, 0.25) is 5.96 Å². The summed E-state index contributed by atoms with van der Waals surface area (Å²) in [6.07, 6.45) is 0. The van der Waals surface area contributed by atoms with Gasteiger partial charge < -0.3 is 5.32 Å². The Kier molecular flexibility index (Phi) is 7.13. The molecule has 31 heavy (non-hydrogen) atoms. The standard InChI is InChI=1S/C24H28ClN5O/c1-15(2)18-9-11-21(12-10-18)27-24(26-14-22-16(3)29-30(5)17(22)4)28-23(31)19-7-6-8-20(25)13-19/h6-13,15H,14H2,1-5H3,(H2,26,27,28,31). The van der Waals surface area contributed by atoms with Gasteiger partial charge in [-0.15, -0.1) is 0 Å². The third kappa shape index (κ3) is 5.73. The number of aryl methyl sites for hydroxylation is 2. The zero-order valence-corrected chi connectivity index (χ0v) is 19.3. The van der Waals surface area contributed by atoms with Gasteiger partial charge in [-0.3, -0.25) is 14.8 Å². The lowest BCUT2D eigenvalue weighted by Crippen LogP contribution is -2.36. The Hall–Kier alpha value is -3.12. The van der Waals surface area contributed by atoms with E-state index >= 15 is 0 Å². The molecule has 0 aliphatic carbocycles. The van der Waals surface area contributed by atoms with Crippen molar-refractivity contribution in [1.82, 2.24) is 15.1 Å². The van der Waals surface area contributed by atoms with E-state index in [2.05, 4.69) is 46.7 Å². The smallest absolute Gasteiger partial charge is 0.258 e. The highest BCUT2D eigenvalue weighted by Crippen LogP contribution is 2.18. The second kappa shape index (κ2) is 9.79. The number of amides is 1. The quantitative estimate of drug-likeness (QED) is 0.425. The van der Waals surface area contributed by atoms with Crippen LogP contribution in [0.15, 0.2) is 53.5 Å². The van der Waals surface area contributed by atoms with Gasteiger partial charge in [0.15, 0.2) is 0 Å². The van der Waals surface area contributed by atoms with E-state index in [0.29, 0.717) is 29.0 Å². The lowest BCUT2D eigenvalue weighted by atomic mass is 10.0. The van der Waals surface area contributed by atoms with E-state index < -0.39 is 0 Å². The van der Waals surface area contributed by atoms with Crippen molar-refractivity contribution in [1.29, 1.82) is 0 Å². The molecule has 0 saturated carbocycles. The first-order valence-electron chi connectivity index (χ1n) is 10.2. The molecule has 162 valence electrons. The lowest BCUT2D eigenvalue weighted by molar-refractivity contribution is 0.0977. The van der Waals surface area contributed by atoms with Gasteiger partial charge in [-0.05, 0) is 55.7 Å². The van der Waals surface area contributed by atoms with Crippen LogP contribution in [0.4, 0.5) is 5.69 Å². The molecule has 0 bridgehead atoms. The van der Waals surface area contributed by atoms with Gasteiger partial charge in [-0.1, -0.05) is 43.6 Å². The zero-order chi connectivity index (χ0) is 22.5. The number of rotatable bonds is 5. The summed E-state index contributed by atoms with van der Waals surface area (Å²) in [4.78, 5) is 17.4. The van der Waals surface area contributed by atoms with Crippen LogP contribution in [0.2, 0.25) is 5.02 Å². The molecule has 1 heterocycles. The molecule has 1 amide bonds. The first-order valence-corrected chi connectivity index (χ1v) is 10.6. The maximum absolute atomic E-state index is 12.8. The third-order valence-electron chi connectivity index (χ3n) is 5.21. The third-order valence-corrected chi connectivity index (χ3v) is 5.45. The first kappa shape index (κ1) is 22.6. The number of nitrogens with one attached hydrogen (secondary N) is 2. The summed E-state index contributed by atoms with van der Waals surface area (Å²) in [7, 11) is 1.91. The summed E-state index contributed by atoms with van der Waals surface area (Å²) in [5.41, 5.74) is 5.55. The fourth-order valence-electron chi connectivity index (χ4n) is 3.21. The molecular weight excluding hydrogens is 410 g/mol. The van der Waals surface area contributed by atoms with Gasteiger partial charge in [0.25, 0.3) is 5.91 Å². The van der Waals surface area contributed by atoms with Gasteiger partial charge in [-0.25, -0.2) is 4.99 Å². The number of hydrogen-bond donors (Lipinski definition) is 2. The number of carbonyl (C=O) groups excluding carboxylic acids is 1. The molecule has 0 fully saturated rings. The van der Waals surface area contributed by atoms with E-state index in [1.165, 1.54) is 5.56 Å². The predicted molar refractivity (Wildman–Crippen MR) is 127 cm³/mol. The lowest BCUT2D eigenvalue weighted by Gasteiger charge is -2.13. The highest BCUT2D eigenvalue weighted by Gasteiger charge is 2.13. The van der Waals surface area contributed by atoms with E-state index in [9.17, 15) is 4.79 Å². The van der Waals surface area contributed by atoms with Crippen LogP contribution in [-0.2, 0) is 13.6 Å². The Bertz CT molecular complexity index is 1100. The van der Waals surface area contributed by atoms with Gasteiger partial charge in [0.05, 0.1) is 12.2 Å². The molecular formula is C24H28ClN5O. The molecule has 2 aromatic carbocycles. The van der Waals surface area contributed by atoms with Gasteiger partial charge in [0.1, 0.15) is 0 Å². The Morgan fingerprint density at radius 2 is 1.87 bits per heavy atom. The molecule has 0 unspecified atom stereocenters. The molecule has 2 N–H and O–H groups in total. The molecule has 0 spiro atoms. The molecule has 3 aromatic rings. The Labute approximate surface area is 188 Å². The molecule has 0 radical (unpaired) electrons. The van der Waals surface area contributed by atoms with Crippen LogP contribution in [0.3, 0.4) is 0 Å². The second-order valence-corrected chi connectivity index (χ2v) is 8.24. The van der Waals surface area contributed by atoms with Crippen LogP contribution in [0.25, 0.3) is 0 Å². The van der Waals surface area contributed by atoms with Gasteiger partial charge in [-0.2, -0.15) is 5.10 Å². The Morgan fingerprint density at radius 1 is 1.16 bits per heavy atom. The normalized spacial score (nSPS) is 11.6. The van der Waals surface area contributed by atoms with Crippen molar-refractivity contribution in [3.63, 3.8) is 0 Å². The summed E-state index contributed by atoms with van der Waals surface area (Å²) in [5, 5.41) is 11.1. The maximum atomic E-state index is 12.8. The van der Waals surface area contributed by atoms with E-state index in [0.717, 1.165) is 22.6 Å². The van der Waals surface area contributed by atoms with Crippen molar-refractivity contribution >= 4 is 29.2 Å². The van der Waals surface area contributed by atoms with Crippen LogP contribution in [0.5, 0.6) is 0 Å². The SMILES string of the molecule is Cc1nn(C)c(C)c1CN=C(NC(=O)c1cccc(Cl)c1)Nc1ccc(C(C)C)cc1. The van der Waals surface area contributed by atoms with E-state index in [-0.39, 0.29) is 5.91 Å². The number of hydrogen-bond acceptors (Lipinski definition) is 3. The molecule has 7 heteroatoms. The van der Waals surface area contributed by atoms with E-state index in [1.54, 1.807) is 24.3 Å². The van der Waals surface area contributed by atoms with Crippen molar-refractivity contribution in [2.24, 2.45) is 12.0 Å². The zero-order valence-electron chi connectivity index (χ0n) is 18.5. The fourth-order valence-corrected chi connectivity index (χ4v) is 3.40. The average molecular weight is 438 g/mol. The molecule has 0 aliphatic heterocycles. The van der Waals surface area contributed by atoms with E-state index in [1.807, 2.05) is 37.7 Å². The van der Waals surface area contributed by atoms with Crippen LogP contribution in [-0.4, -0.2) is 21.6 Å². The molecule has 3 rings (SSSR count). The monoisotopic (exact) mass is 437 g/mol. The minimum absolute atomic E-state index is 0.285. The van der Waals surface area contributed by atoms with E-state index in [4.69, 9.17) is 11.6 Å². The molecule has 0 saturated heterocycles. The summed E-state index contributed by atoms with van der Waals surface area (Å²) >= 11 is 6.04. The van der Waals surface area contributed by atoms with Crippen molar-refractivity contribution < 1.29 is 4.79 Å². The Balaban J connectivity index is 1.86. The second-order valence-electron chi connectivity index (χ2n) is 7.80. The topological polar surface area (TPSA) is 71.3 Å².